The second kappa shape index (κ2) is 8.91. The molecular weight excluding hydrogens is 356 g/mol. The minimum absolute atomic E-state index is 0.0454. The van der Waals surface area contributed by atoms with E-state index in [4.69, 9.17) is 0 Å². The van der Waals surface area contributed by atoms with Gasteiger partial charge in [-0.3, -0.25) is 10.1 Å². The molecule has 5 heteroatoms. The van der Waals surface area contributed by atoms with Crippen LogP contribution in [0.4, 0.5) is 0 Å². The Balaban J connectivity index is 2.01. The fraction of sp³-hybridized carbons (Fsp3) is 0.409. The van der Waals surface area contributed by atoms with Crippen molar-refractivity contribution in [2.75, 3.05) is 11.6 Å². The monoisotopic (exact) mass is 384 g/mol. The minimum Gasteiger partial charge on any atom is -0.378 e. The molecular formula is C22H28N2O2S. The number of carbonyl (C=O) groups excluding carboxylic acids is 1. The van der Waals surface area contributed by atoms with E-state index in [-0.39, 0.29) is 11.9 Å². The third kappa shape index (κ3) is 4.54. The molecule has 1 heterocycles. The third-order valence-corrected chi connectivity index (χ3v) is 5.93. The fourth-order valence-corrected chi connectivity index (χ4v) is 4.54. The topological polar surface area (TPSA) is 61.4 Å². The Hall–Kier alpha value is -1.82. The van der Waals surface area contributed by atoms with E-state index in [9.17, 15) is 9.90 Å². The highest BCUT2D eigenvalue weighted by Gasteiger charge is 2.42. The lowest BCUT2D eigenvalue weighted by Crippen LogP contribution is -2.55. The van der Waals surface area contributed by atoms with E-state index in [1.165, 1.54) is 0 Å². The predicted molar refractivity (Wildman–Crippen MR) is 112 cm³/mol. The van der Waals surface area contributed by atoms with Crippen molar-refractivity contribution in [3.63, 3.8) is 0 Å². The second-order valence-electron chi connectivity index (χ2n) is 7.46. The molecule has 1 aliphatic heterocycles. The normalized spacial score (nSPS) is 18.4. The number of carbonyl (C=O) groups is 1. The van der Waals surface area contributed by atoms with Gasteiger partial charge in [-0.15, -0.1) is 11.8 Å². The summed E-state index contributed by atoms with van der Waals surface area (Å²) in [5.41, 5.74) is 0.278. The van der Waals surface area contributed by atoms with E-state index < -0.39 is 11.6 Å². The van der Waals surface area contributed by atoms with Crippen LogP contribution in [0.15, 0.2) is 60.7 Å². The average Bonchev–Trinajstić information content (AvgIpc) is 3.23. The molecule has 3 rings (SSSR count). The van der Waals surface area contributed by atoms with Gasteiger partial charge in [0.1, 0.15) is 5.60 Å². The summed E-state index contributed by atoms with van der Waals surface area (Å²) in [5.74, 6) is 1.82. The number of amides is 1. The van der Waals surface area contributed by atoms with Crippen molar-refractivity contribution >= 4 is 17.7 Å². The van der Waals surface area contributed by atoms with E-state index in [0.29, 0.717) is 12.3 Å². The smallest absolute Gasteiger partial charge is 0.238 e. The molecule has 2 aromatic rings. The predicted octanol–water partition coefficient (Wildman–Crippen LogP) is 3.12. The van der Waals surface area contributed by atoms with Crippen LogP contribution in [0.2, 0.25) is 0 Å². The maximum atomic E-state index is 12.8. The molecule has 2 atom stereocenters. The van der Waals surface area contributed by atoms with E-state index in [0.717, 1.165) is 22.8 Å². The van der Waals surface area contributed by atoms with E-state index >= 15 is 0 Å². The van der Waals surface area contributed by atoms with Crippen molar-refractivity contribution in [1.29, 1.82) is 0 Å². The lowest BCUT2D eigenvalue weighted by atomic mass is 9.77. The van der Waals surface area contributed by atoms with Gasteiger partial charge in [-0.1, -0.05) is 74.5 Å². The van der Waals surface area contributed by atoms with Gasteiger partial charge >= 0.3 is 0 Å². The van der Waals surface area contributed by atoms with Crippen LogP contribution in [0.3, 0.4) is 0 Å². The maximum Gasteiger partial charge on any atom is 0.238 e. The van der Waals surface area contributed by atoms with Crippen LogP contribution in [-0.4, -0.2) is 34.7 Å². The molecule has 144 valence electrons. The second-order valence-corrected chi connectivity index (χ2v) is 8.49. The third-order valence-electron chi connectivity index (χ3n) is 4.99. The van der Waals surface area contributed by atoms with Gasteiger partial charge in [0.15, 0.2) is 0 Å². The Morgan fingerprint density at radius 3 is 2.15 bits per heavy atom. The molecule has 0 radical (unpaired) electrons. The Kier molecular flexibility index (Phi) is 6.58. The van der Waals surface area contributed by atoms with Crippen LogP contribution in [0.25, 0.3) is 0 Å². The van der Waals surface area contributed by atoms with Gasteiger partial charge in [-0.05, 0) is 23.5 Å². The first-order chi connectivity index (χ1) is 13.0. The SMILES string of the molecule is CC(C)C[C@H](NC(=O)[C@@H]1CSCN1)C(O)(c1ccccc1)c1ccccc1. The molecule has 3 N–H and O–H groups in total. The highest BCUT2D eigenvalue weighted by molar-refractivity contribution is 7.99. The first-order valence-electron chi connectivity index (χ1n) is 9.46. The highest BCUT2D eigenvalue weighted by atomic mass is 32.2. The van der Waals surface area contributed by atoms with Crippen LogP contribution >= 0.6 is 11.8 Å². The Morgan fingerprint density at radius 1 is 1.15 bits per heavy atom. The van der Waals surface area contributed by atoms with Gasteiger partial charge in [0.2, 0.25) is 5.91 Å². The van der Waals surface area contributed by atoms with E-state index in [2.05, 4.69) is 24.5 Å². The first kappa shape index (κ1) is 19.9. The summed E-state index contributed by atoms with van der Waals surface area (Å²) in [6.07, 6.45) is 0.673. The Morgan fingerprint density at radius 2 is 1.70 bits per heavy atom. The summed E-state index contributed by atoms with van der Waals surface area (Å²) in [7, 11) is 0. The molecule has 0 spiro atoms. The first-order valence-corrected chi connectivity index (χ1v) is 10.6. The van der Waals surface area contributed by atoms with Crippen molar-refractivity contribution in [3.8, 4) is 0 Å². The molecule has 27 heavy (non-hydrogen) atoms. The molecule has 1 amide bonds. The number of hydrogen-bond donors (Lipinski definition) is 3. The molecule has 0 saturated carbocycles. The van der Waals surface area contributed by atoms with Crippen molar-refractivity contribution in [1.82, 2.24) is 10.6 Å². The molecule has 4 nitrogen and oxygen atoms in total. The molecule has 0 aliphatic carbocycles. The number of rotatable bonds is 7. The average molecular weight is 385 g/mol. The lowest BCUT2D eigenvalue weighted by molar-refractivity contribution is -0.125. The summed E-state index contributed by atoms with van der Waals surface area (Å²) < 4.78 is 0. The van der Waals surface area contributed by atoms with E-state index in [1.54, 1.807) is 11.8 Å². The quantitative estimate of drug-likeness (QED) is 0.686. The lowest BCUT2D eigenvalue weighted by Gasteiger charge is -2.39. The summed E-state index contributed by atoms with van der Waals surface area (Å²) >= 11 is 1.72. The number of aliphatic hydroxyl groups is 1. The number of hydrogen-bond acceptors (Lipinski definition) is 4. The standard InChI is InChI=1S/C22H28N2O2S/c1-16(2)13-20(24-21(25)19-14-27-15-23-19)22(26,17-9-5-3-6-10-17)18-11-7-4-8-12-18/h3-12,16,19-20,23,26H,13-15H2,1-2H3,(H,24,25)/t19-,20-/m0/s1. The van der Waals surface area contributed by atoms with Crippen molar-refractivity contribution in [3.05, 3.63) is 71.8 Å². The largest absolute Gasteiger partial charge is 0.378 e. The van der Waals surface area contributed by atoms with Crippen LogP contribution in [0.5, 0.6) is 0 Å². The summed E-state index contributed by atoms with van der Waals surface area (Å²) in [6.45, 7) is 4.22. The number of thioether (sulfide) groups is 1. The highest BCUT2D eigenvalue weighted by Crippen LogP contribution is 2.35. The molecule has 0 aromatic heterocycles. The molecule has 2 aromatic carbocycles. The fourth-order valence-electron chi connectivity index (χ4n) is 3.59. The van der Waals surface area contributed by atoms with Gasteiger partial charge in [-0.2, -0.15) is 0 Å². The van der Waals surface area contributed by atoms with Crippen LogP contribution in [0, 0.1) is 5.92 Å². The van der Waals surface area contributed by atoms with Gasteiger partial charge in [0.05, 0.1) is 12.1 Å². The molecule has 0 unspecified atom stereocenters. The summed E-state index contributed by atoms with van der Waals surface area (Å²) in [5, 5.41) is 18.4. The van der Waals surface area contributed by atoms with Crippen LogP contribution in [0.1, 0.15) is 31.4 Å². The summed E-state index contributed by atoms with van der Waals surface area (Å²) in [4.78, 5) is 12.8. The molecule has 0 bridgehead atoms. The van der Waals surface area contributed by atoms with E-state index in [1.807, 2.05) is 60.7 Å². The van der Waals surface area contributed by atoms with Crippen molar-refractivity contribution < 1.29 is 9.90 Å². The summed E-state index contributed by atoms with van der Waals surface area (Å²) in [6, 6.07) is 18.6. The number of benzene rings is 2. The Labute approximate surface area is 165 Å². The minimum atomic E-state index is -1.30. The van der Waals surface area contributed by atoms with Gasteiger partial charge in [0.25, 0.3) is 0 Å². The van der Waals surface area contributed by atoms with Gasteiger partial charge in [0, 0.05) is 11.6 Å². The van der Waals surface area contributed by atoms with Crippen molar-refractivity contribution in [2.24, 2.45) is 5.92 Å². The molecule has 1 fully saturated rings. The zero-order chi connectivity index (χ0) is 19.3. The maximum absolute atomic E-state index is 12.8. The van der Waals surface area contributed by atoms with Gasteiger partial charge in [-0.25, -0.2) is 0 Å². The zero-order valence-electron chi connectivity index (χ0n) is 15.9. The van der Waals surface area contributed by atoms with Gasteiger partial charge < -0.3 is 10.4 Å². The molecule has 1 aliphatic rings. The molecule has 1 saturated heterocycles. The zero-order valence-corrected chi connectivity index (χ0v) is 16.7. The van der Waals surface area contributed by atoms with Crippen molar-refractivity contribution in [2.45, 2.75) is 38.0 Å². The Bertz CT molecular complexity index is 691. The van der Waals surface area contributed by atoms with Crippen LogP contribution < -0.4 is 10.6 Å². The number of nitrogens with one attached hydrogen (secondary N) is 2. The van der Waals surface area contributed by atoms with Crippen LogP contribution in [-0.2, 0) is 10.4 Å².